The number of carboxylic acids is 1. The predicted octanol–water partition coefficient (Wildman–Crippen LogP) is 4.87. The normalized spacial score (nSPS) is 16.4. The lowest BCUT2D eigenvalue weighted by Gasteiger charge is -2.37. The zero-order chi connectivity index (χ0) is 27.8. The highest BCUT2D eigenvalue weighted by molar-refractivity contribution is 5.82. The van der Waals surface area contributed by atoms with Gasteiger partial charge in [0.2, 0.25) is 5.91 Å². The lowest BCUT2D eigenvalue weighted by Crippen LogP contribution is -2.46. The molecular formula is C30H40N4O4. The number of carbonyl (C=O) groups excluding carboxylic acids is 1. The Morgan fingerprint density at radius 3 is 2.45 bits per heavy atom. The average Bonchev–Trinajstić information content (AvgIpc) is 3.23. The predicted molar refractivity (Wildman–Crippen MR) is 147 cm³/mol. The third-order valence-electron chi connectivity index (χ3n) is 8.45. The molecule has 0 radical (unpaired) electrons. The van der Waals surface area contributed by atoms with Gasteiger partial charge in [-0.1, -0.05) is 48.7 Å². The summed E-state index contributed by atoms with van der Waals surface area (Å²) in [5.41, 5.74) is 4.29. The van der Waals surface area contributed by atoms with E-state index in [1.165, 1.54) is 0 Å². The first-order valence-electron chi connectivity index (χ1n) is 13.4. The van der Waals surface area contributed by atoms with Crippen LogP contribution >= 0.6 is 0 Å². The minimum Gasteiger partial charge on any atom is -0.481 e. The Kier molecular flexibility index (Phi) is 7.66. The molecule has 8 heteroatoms. The molecule has 204 valence electrons. The number of benzene rings is 2. The van der Waals surface area contributed by atoms with Gasteiger partial charge in [-0.25, -0.2) is 4.68 Å². The van der Waals surface area contributed by atoms with E-state index >= 15 is 0 Å². The molecular weight excluding hydrogens is 480 g/mol. The molecule has 4 rings (SSSR count). The molecule has 1 fully saturated rings. The van der Waals surface area contributed by atoms with Gasteiger partial charge in [0.15, 0.2) is 0 Å². The first-order chi connectivity index (χ1) is 17.8. The van der Waals surface area contributed by atoms with Crippen LogP contribution in [0.25, 0.3) is 11.0 Å². The second-order valence-corrected chi connectivity index (χ2v) is 11.7. The van der Waals surface area contributed by atoms with Crippen LogP contribution in [0.3, 0.4) is 0 Å². The molecule has 8 nitrogen and oxygen atoms in total. The van der Waals surface area contributed by atoms with Crippen LogP contribution in [-0.4, -0.2) is 54.1 Å². The van der Waals surface area contributed by atoms with Gasteiger partial charge >= 0.3 is 5.97 Å². The zero-order valence-electron chi connectivity index (χ0n) is 23.4. The topological polar surface area (TPSA) is 109 Å². The van der Waals surface area contributed by atoms with E-state index in [4.69, 9.17) is 0 Å². The van der Waals surface area contributed by atoms with Crippen LogP contribution in [0.4, 0.5) is 0 Å². The van der Waals surface area contributed by atoms with Gasteiger partial charge in [-0.2, -0.15) is 0 Å². The summed E-state index contributed by atoms with van der Waals surface area (Å²) < 4.78 is 1.71. The molecule has 0 saturated heterocycles. The number of nitrogens with zero attached hydrogens (tertiary/aromatic N) is 4. The van der Waals surface area contributed by atoms with Crippen molar-refractivity contribution < 1.29 is 19.8 Å². The SMILES string of the molecule is CC(=O)N(Cc1cc(C(c2ccc3c(nnn3C)c2C)C(C)(C)C(=O)O)ccc1C)CC1(O)CCCCC1. The Bertz CT molecular complexity index is 1350. The summed E-state index contributed by atoms with van der Waals surface area (Å²) >= 11 is 0. The van der Waals surface area contributed by atoms with E-state index < -0.39 is 22.9 Å². The minimum atomic E-state index is -1.12. The lowest BCUT2D eigenvalue weighted by atomic mass is 9.69. The van der Waals surface area contributed by atoms with Crippen molar-refractivity contribution in [3.63, 3.8) is 0 Å². The van der Waals surface area contributed by atoms with Crippen molar-refractivity contribution in [2.75, 3.05) is 6.54 Å². The van der Waals surface area contributed by atoms with Gasteiger partial charge in [0.1, 0.15) is 5.52 Å². The number of hydrogen-bond donors (Lipinski definition) is 2. The number of aromatic nitrogens is 3. The molecule has 2 N–H and O–H groups in total. The van der Waals surface area contributed by atoms with E-state index in [9.17, 15) is 19.8 Å². The van der Waals surface area contributed by atoms with Crippen LogP contribution in [-0.2, 0) is 23.2 Å². The maximum atomic E-state index is 12.7. The van der Waals surface area contributed by atoms with Crippen LogP contribution in [0.2, 0.25) is 0 Å². The second kappa shape index (κ2) is 10.5. The smallest absolute Gasteiger partial charge is 0.310 e. The molecule has 2 aromatic carbocycles. The number of hydrogen-bond acceptors (Lipinski definition) is 5. The van der Waals surface area contributed by atoms with Crippen molar-refractivity contribution in [3.05, 3.63) is 58.1 Å². The Labute approximate surface area is 224 Å². The number of aliphatic hydroxyl groups is 1. The summed E-state index contributed by atoms with van der Waals surface area (Å²) in [7, 11) is 1.84. The molecule has 1 aliphatic rings. The highest BCUT2D eigenvalue weighted by Gasteiger charge is 2.40. The molecule has 1 aromatic heterocycles. The summed E-state index contributed by atoms with van der Waals surface area (Å²) in [6.45, 7) is 9.68. The molecule has 0 aliphatic heterocycles. The number of aryl methyl sites for hydroxylation is 3. The third-order valence-corrected chi connectivity index (χ3v) is 8.45. The quantitative estimate of drug-likeness (QED) is 0.439. The monoisotopic (exact) mass is 520 g/mol. The number of amides is 1. The van der Waals surface area contributed by atoms with Crippen molar-refractivity contribution in [3.8, 4) is 0 Å². The number of carboxylic acid groups (broad SMARTS) is 1. The Hall–Kier alpha value is -3.26. The molecule has 1 amide bonds. The molecule has 1 saturated carbocycles. The summed E-state index contributed by atoms with van der Waals surface area (Å²) in [4.78, 5) is 26.9. The van der Waals surface area contributed by atoms with Gasteiger partial charge in [-0.3, -0.25) is 9.59 Å². The van der Waals surface area contributed by atoms with Gasteiger partial charge < -0.3 is 15.1 Å². The van der Waals surface area contributed by atoms with Crippen LogP contribution in [0.5, 0.6) is 0 Å². The fraction of sp³-hybridized carbons (Fsp3) is 0.533. The molecule has 0 spiro atoms. The summed E-state index contributed by atoms with van der Waals surface area (Å²) in [6, 6.07) is 9.95. The standard InChI is InChI=1S/C30H40N4O4/c1-19-10-11-22(16-23(19)17-34(21(3)35)18-30(38)14-8-7-9-15-30)26(29(4,5)28(36)37)24-12-13-25-27(20(24)2)31-32-33(25)6/h10-13,16,26,38H,7-9,14-15,17-18H2,1-6H3,(H,36,37). The molecule has 1 aliphatic carbocycles. The van der Waals surface area contributed by atoms with Crippen LogP contribution in [0.15, 0.2) is 30.3 Å². The fourth-order valence-corrected chi connectivity index (χ4v) is 5.92. The highest BCUT2D eigenvalue weighted by atomic mass is 16.4. The van der Waals surface area contributed by atoms with Crippen LogP contribution < -0.4 is 0 Å². The largest absolute Gasteiger partial charge is 0.481 e. The summed E-state index contributed by atoms with van der Waals surface area (Å²) in [6.07, 6.45) is 4.46. The molecule has 1 heterocycles. The Morgan fingerprint density at radius 1 is 1.13 bits per heavy atom. The molecule has 1 unspecified atom stereocenters. The maximum absolute atomic E-state index is 12.7. The summed E-state index contributed by atoms with van der Waals surface area (Å²) in [5.74, 6) is -1.44. The van der Waals surface area contributed by atoms with Gasteiger partial charge in [0, 0.05) is 33.0 Å². The van der Waals surface area contributed by atoms with Gasteiger partial charge in [0.05, 0.1) is 16.5 Å². The van der Waals surface area contributed by atoms with Crippen LogP contribution in [0, 0.1) is 19.3 Å². The van der Waals surface area contributed by atoms with Crippen molar-refractivity contribution in [2.45, 2.75) is 84.8 Å². The van der Waals surface area contributed by atoms with Gasteiger partial charge in [0.25, 0.3) is 0 Å². The van der Waals surface area contributed by atoms with Crippen molar-refractivity contribution in [1.29, 1.82) is 0 Å². The van der Waals surface area contributed by atoms with E-state index in [-0.39, 0.29) is 5.91 Å². The van der Waals surface area contributed by atoms with Crippen molar-refractivity contribution in [2.24, 2.45) is 12.5 Å². The maximum Gasteiger partial charge on any atom is 0.310 e. The number of fused-ring (bicyclic) bond motifs is 1. The lowest BCUT2D eigenvalue weighted by molar-refractivity contribution is -0.147. The van der Waals surface area contributed by atoms with E-state index in [2.05, 4.69) is 10.3 Å². The fourth-order valence-electron chi connectivity index (χ4n) is 5.92. The molecule has 38 heavy (non-hydrogen) atoms. The van der Waals surface area contributed by atoms with Crippen LogP contribution in [0.1, 0.15) is 86.6 Å². The zero-order valence-corrected chi connectivity index (χ0v) is 23.4. The van der Waals surface area contributed by atoms with Gasteiger partial charge in [-0.15, -0.1) is 5.10 Å². The third kappa shape index (κ3) is 5.32. The number of aliphatic carboxylic acids is 1. The second-order valence-electron chi connectivity index (χ2n) is 11.7. The molecule has 0 bridgehead atoms. The van der Waals surface area contributed by atoms with Crippen molar-refractivity contribution in [1.82, 2.24) is 19.9 Å². The minimum absolute atomic E-state index is 0.0832. The van der Waals surface area contributed by atoms with Crippen molar-refractivity contribution >= 4 is 22.9 Å². The van der Waals surface area contributed by atoms with E-state index in [0.717, 1.165) is 58.1 Å². The first-order valence-corrected chi connectivity index (χ1v) is 13.4. The molecule has 3 aromatic rings. The number of rotatable bonds is 8. The van der Waals surface area contributed by atoms with E-state index in [1.807, 2.05) is 51.2 Å². The van der Waals surface area contributed by atoms with Gasteiger partial charge in [-0.05, 0) is 74.4 Å². The number of carbonyl (C=O) groups is 2. The first kappa shape index (κ1) is 27.8. The van der Waals surface area contributed by atoms with E-state index in [1.54, 1.807) is 30.4 Å². The average molecular weight is 521 g/mol. The highest BCUT2D eigenvalue weighted by Crippen LogP contribution is 2.44. The molecule has 1 atom stereocenters. The Balaban J connectivity index is 1.77. The summed E-state index contributed by atoms with van der Waals surface area (Å²) in [5, 5.41) is 29.9. The van der Waals surface area contributed by atoms with E-state index in [0.29, 0.717) is 25.9 Å². The Morgan fingerprint density at radius 2 is 1.82 bits per heavy atom.